The average Bonchev–Trinajstić information content (AvgIpc) is 3.09. The minimum Gasteiger partial charge on any atom is -0.272 e. The Morgan fingerprint density at radius 2 is 1.60 bits per heavy atom. The number of nitriles is 1. The molecule has 0 radical (unpaired) electrons. The van der Waals surface area contributed by atoms with E-state index in [0.717, 1.165) is 11.1 Å². The highest BCUT2D eigenvalue weighted by Gasteiger charge is 2.19. The molecule has 2 heterocycles. The molecule has 4 aromatic rings. The van der Waals surface area contributed by atoms with Gasteiger partial charge in [0.15, 0.2) is 11.5 Å². The predicted molar refractivity (Wildman–Crippen MR) is 96.1 cm³/mol. The fraction of sp³-hybridized carbons (Fsp3) is 0.0500. The van der Waals surface area contributed by atoms with Crippen LogP contribution in [0.4, 0.5) is 0 Å². The van der Waals surface area contributed by atoms with Crippen LogP contribution in [0.3, 0.4) is 0 Å². The van der Waals surface area contributed by atoms with Gasteiger partial charge in [-0.2, -0.15) is 9.78 Å². The Kier molecular flexibility index (Phi) is 3.44. The van der Waals surface area contributed by atoms with Gasteiger partial charge in [-0.25, -0.2) is 4.98 Å². The third-order valence-electron chi connectivity index (χ3n) is 4.26. The molecular formula is C20H14N4O. The van der Waals surface area contributed by atoms with E-state index in [1.807, 2.05) is 60.7 Å². The molecule has 0 fully saturated rings. The Labute approximate surface area is 143 Å². The first-order valence-electron chi connectivity index (χ1n) is 7.87. The molecule has 25 heavy (non-hydrogen) atoms. The Bertz CT molecular complexity index is 1170. The predicted octanol–water partition coefficient (Wildman–Crippen LogP) is 3.54. The Morgan fingerprint density at radius 1 is 1.00 bits per heavy atom. The van der Waals surface area contributed by atoms with Crippen molar-refractivity contribution in [2.75, 3.05) is 0 Å². The summed E-state index contributed by atoms with van der Waals surface area (Å²) in [6.07, 6.45) is 0. The van der Waals surface area contributed by atoms with E-state index in [0.29, 0.717) is 28.2 Å². The highest BCUT2D eigenvalue weighted by molar-refractivity contribution is 5.75. The van der Waals surface area contributed by atoms with Gasteiger partial charge in [-0.05, 0) is 18.1 Å². The van der Waals surface area contributed by atoms with Gasteiger partial charge in [-0.3, -0.25) is 9.89 Å². The molecule has 0 unspecified atom stereocenters. The molecule has 1 N–H and O–H groups in total. The van der Waals surface area contributed by atoms with Crippen molar-refractivity contribution >= 4 is 5.65 Å². The molecule has 5 nitrogen and oxygen atoms in total. The number of fused-ring (bicyclic) bond motifs is 1. The lowest BCUT2D eigenvalue weighted by atomic mass is 9.99. The van der Waals surface area contributed by atoms with Gasteiger partial charge in [0.25, 0.3) is 5.56 Å². The van der Waals surface area contributed by atoms with Crippen molar-refractivity contribution in [2.45, 2.75) is 6.92 Å². The summed E-state index contributed by atoms with van der Waals surface area (Å²) < 4.78 is 1.36. The highest BCUT2D eigenvalue weighted by Crippen LogP contribution is 2.25. The van der Waals surface area contributed by atoms with E-state index in [1.165, 1.54) is 4.52 Å². The molecule has 120 valence electrons. The third kappa shape index (κ3) is 2.32. The van der Waals surface area contributed by atoms with Crippen molar-refractivity contribution in [2.24, 2.45) is 0 Å². The summed E-state index contributed by atoms with van der Waals surface area (Å²) in [4.78, 5) is 17.5. The van der Waals surface area contributed by atoms with E-state index in [-0.39, 0.29) is 5.56 Å². The second kappa shape index (κ2) is 5.77. The van der Waals surface area contributed by atoms with E-state index in [1.54, 1.807) is 6.92 Å². The number of H-pyrrole nitrogens is 1. The van der Waals surface area contributed by atoms with Crippen LogP contribution in [0.25, 0.3) is 28.2 Å². The van der Waals surface area contributed by atoms with E-state index in [4.69, 9.17) is 0 Å². The van der Waals surface area contributed by atoms with Crippen LogP contribution in [-0.2, 0) is 0 Å². The largest absolute Gasteiger partial charge is 0.279 e. The van der Waals surface area contributed by atoms with Gasteiger partial charge in [0.1, 0.15) is 11.6 Å². The first-order chi connectivity index (χ1) is 12.2. The van der Waals surface area contributed by atoms with Crippen molar-refractivity contribution in [3.05, 3.63) is 82.1 Å². The zero-order valence-electron chi connectivity index (χ0n) is 13.5. The normalized spacial score (nSPS) is 10.7. The van der Waals surface area contributed by atoms with Gasteiger partial charge >= 0.3 is 0 Å². The summed E-state index contributed by atoms with van der Waals surface area (Å²) in [5.74, 6) is 0.554. The fourth-order valence-electron chi connectivity index (χ4n) is 3.02. The maximum absolute atomic E-state index is 13.0. The van der Waals surface area contributed by atoms with Crippen LogP contribution in [0, 0.1) is 18.3 Å². The first kappa shape index (κ1) is 14.9. The lowest BCUT2D eigenvalue weighted by Crippen LogP contribution is -2.19. The molecule has 0 aliphatic carbocycles. The van der Waals surface area contributed by atoms with Crippen LogP contribution in [0.2, 0.25) is 0 Å². The summed E-state index contributed by atoms with van der Waals surface area (Å²) in [6, 6.07) is 21.1. The van der Waals surface area contributed by atoms with Crippen LogP contribution in [0.1, 0.15) is 11.1 Å². The lowest BCUT2D eigenvalue weighted by molar-refractivity contribution is 0.920. The number of hydrogen-bond donors (Lipinski definition) is 1. The van der Waals surface area contributed by atoms with E-state index in [9.17, 15) is 10.1 Å². The summed E-state index contributed by atoms with van der Waals surface area (Å²) in [5.41, 5.74) is 3.33. The minimum atomic E-state index is -0.215. The van der Waals surface area contributed by atoms with Crippen LogP contribution < -0.4 is 5.56 Å². The summed E-state index contributed by atoms with van der Waals surface area (Å²) in [6.45, 7) is 1.79. The van der Waals surface area contributed by atoms with Crippen molar-refractivity contribution in [3.8, 4) is 28.6 Å². The number of nitrogens with one attached hydrogen (secondary N) is 1. The van der Waals surface area contributed by atoms with Crippen LogP contribution in [0.15, 0.2) is 65.5 Å². The van der Waals surface area contributed by atoms with Crippen molar-refractivity contribution in [1.29, 1.82) is 5.26 Å². The zero-order valence-corrected chi connectivity index (χ0v) is 13.5. The SMILES string of the molecule is Cc1c(-c2ccccc2)c(=O)n2[nH]c(-c3ccccc3)nc2c1C#N. The molecule has 0 atom stereocenters. The number of hydrogen-bond acceptors (Lipinski definition) is 3. The Balaban J connectivity index is 2.08. The average molecular weight is 326 g/mol. The van der Waals surface area contributed by atoms with Gasteiger partial charge in [0.2, 0.25) is 0 Å². The molecule has 0 saturated carbocycles. The maximum Gasteiger partial charge on any atom is 0.279 e. The van der Waals surface area contributed by atoms with Gasteiger partial charge in [0, 0.05) is 5.56 Å². The minimum absolute atomic E-state index is 0.215. The van der Waals surface area contributed by atoms with Crippen molar-refractivity contribution in [1.82, 2.24) is 14.6 Å². The van der Waals surface area contributed by atoms with E-state index < -0.39 is 0 Å². The van der Waals surface area contributed by atoms with Crippen LogP contribution >= 0.6 is 0 Å². The van der Waals surface area contributed by atoms with Gasteiger partial charge in [-0.1, -0.05) is 60.7 Å². The number of nitrogens with zero attached hydrogens (tertiary/aromatic N) is 3. The van der Waals surface area contributed by atoms with Crippen molar-refractivity contribution in [3.63, 3.8) is 0 Å². The number of aromatic amines is 1. The molecule has 0 aliphatic heterocycles. The van der Waals surface area contributed by atoms with Gasteiger partial charge < -0.3 is 0 Å². The number of pyridine rings is 1. The Hall–Kier alpha value is -3.65. The summed E-state index contributed by atoms with van der Waals surface area (Å²) >= 11 is 0. The summed E-state index contributed by atoms with van der Waals surface area (Å²) in [5, 5.41) is 12.7. The monoisotopic (exact) mass is 326 g/mol. The highest BCUT2D eigenvalue weighted by atomic mass is 16.1. The van der Waals surface area contributed by atoms with Crippen molar-refractivity contribution < 1.29 is 0 Å². The Morgan fingerprint density at radius 3 is 2.20 bits per heavy atom. The number of benzene rings is 2. The molecule has 0 amide bonds. The standard InChI is InChI=1S/C20H14N4O/c1-13-16(12-21)19-22-18(15-10-6-3-7-11-15)23-24(19)20(25)17(13)14-8-4-2-5-9-14/h2-11H,1H3,(H,22,23). The molecule has 0 bridgehead atoms. The number of aromatic nitrogens is 3. The molecule has 0 spiro atoms. The second-order valence-electron chi connectivity index (χ2n) is 5.76. The van der Waals surface area contributed by atoms with Gasteiger partial charge in [-0.15, -0.1) is 0 Å². The zero-order chi connectivity index (χ0) is 17.4. The fourth-order valence-corrected chi connectivity index (χ4v) is 3.02. The van der Waals surface area contributed by atoms with Crippen LogP contribution in [0.5, 0.6) is 0 Å². The van der Waals surface area contributed by atoms with E-state index in [2.05, 4.69) is 16.2 Å². The second-order valence-corrected chi connectivity index (χ2v) is 5.76. The topological polar surface area (TPSA) is 73.9 Å². The third-order valence-corrected chi connectivity index (χ3v) is 4.26. The van der Waals surface area contributed by atoms with E-state index >= 15 is 0 Å². The molecule has 5 heteroatoms. The number of rotatable bonds is 2. The molecule has 4 rings (SSSR count). The molecular weight excluding hydrogens is 312 g/mol. The first-order valence-corrected chi connectivity index (χ1v) is 7.87. The molecule has 0 saturated heterocycles. The van der Waals surface area contributed by atoms with Gasteiger partial charge in [0.05, 0.1) is 5.56 Å². The maximum atomic E-state index is 13.0. The van der Waals surface area contributed by atoms with Crippen LogP contribution in [-0.4, -0.2) is 14.6 Å². The smallest absolute Gasteiger partial charge is 0.272 e. The summed E-state index contributed by atoms with van der Waals surface area (Å²) in [7, 11) is 0. The lowest BCUT2D eigenvalue weighted by Gasteiger charge is -2.07. The molecule has 0 aliphatic rings. The molecule has 2 aromatic carbocycles. The molecule has 2 aromatic heterocycles. The quantitative estimate of drug-likeness (QED) is 0.612.